The molecule has 136 valence electrons. The van der Waals surface area contributed by atoms with E-state index in [0.29, 0.717) is 13.0 Å². The van der Waals surface area contributed by atoms with Crippen molar-refractivity contribution in [3.63, 3.8) is 0 Å². The molecule has 0 aliphatic carbocycles. The Bertz CT molecular complexity index is 719. The van der Waals surface area contributed by atoms with Crippen LogP contribution in [0.4, 0.5) is 0 Å². The number of aliphatic hydroxyl groups is 1. The van der Waals surface area contributed by atoms with Gasteiger partial charge in [-0.05, 0) is 54.7 Å². The first-order valence-corrected chi connectivity index (χ1v) is 8.86. The third-order valence-electron chi connectivity index (χ3n) is 4.92. The SMILES string of the molecule is CCC(O)COc1ccc(C(C)(C)c2ccc(OC)c(C)c2)cc1C. The number of hydrogen-bond donors (Lipinski definition) is 1. The Labute approximate surface area is 151 Å². The Balaban J connectivity index is 2.27. The van der Waals surface area contributed by atoms with Gasteiger partial charge in [0.25, 0.3) is 0 Å². The van der Waals surface area contributed by atoms with Gasteiger partial charge in [-0.2, -0.15) is 0 Å². The first kappa shape index (κ1) is 19.3. The maximum atomic E-state index is 9.68. The van der Waals surface area contributed by atoms with E-state index in [1.54, 1.807) is 7.11 Å². The summed E-state index contributed by atoms with van der Waals surface area (Å²) in [5, 5.41) is 9.68. The van der Waals surface area contributed by atoms with E-state index in [0.717, 1.165) is 22.6 Å². The maximum Gasteiger partial charge on any atom is 0.122 e. The molecule has 0 aromatic heterocycles. The van der Waals surface area contributed by atoms with Crippen molar-refractivity contribution in [1.29, 1.82) is 0 Å². The highest BCUT2D eigenvalue weighted by atomic mass is 16.5. The highest BCUT2D eigenvalue weighted by Gasteiger charge is 2.24. The first-order valence-electron chi connectivity index (χ1n) is 8.86. The van der Waals surface area contributed by atoms with Gasteiger partial charge in [0.1, 0.15) is 18.1 Å². The molecule has 0 heterocycles. The Morgan fingerprint density at radius 2 is 1.48 bits per heavy atom. The molecule has 0 aliphatic heterocycles. The Hall–Kier alpha value is -2.00. The third-order valence-corrected chi connectivity index (χ3v) is 4.92. The maximum absolute atomic E-state index is 9.68. The van der Waals surface area contributed by atoms with E-state index in [-0.39, 0.29) is 5.41 Å². The van der Waals surface area contributed by atoms with Gasteiger partial charge in [0.05, 0.1) is 13.2 Å². The van der Waals surface area contributed by atoms with E-state index >= 15 is 0 Å². The number of rotatable bonds is 7. The molecule has 3 nitrogen and oxygen atoms in total. The van der Waals surface area contributed by atoms with Crippen molar-refractivity contribution in [3.8, 4) is 11.5 Å². The van der Waals surface area contributed by atoms with Gasteiger partial charge in [-0.3, -0.25) is 0 Å². The van der Waals surface area contributed by atoms with Crippen molar-refractivity contribution < 1.29 is 14.6 Å². The predicted octanol–water partition coefficient (Wildman–Crippen LogP) is 4.79. The van der Waals surface area contributed by atoms with Crippen LogP contribution >= 0.6 is 0 Å². The summed E-state index contributed by atoms with van der Waals surface area (Å²) in [6.07, 6.45) is 0.277. The van der Waals surface area contributed by atoms with Crippen molar-refractivity contribution in [2.24, 2.45) is 0 Å². The molecule has 0 aliphatic rings. The molecule has 3 heteroatoms. The van der Waals surface area contributed by atoms with Crippen molar-refractivity contribution >= 4 is 0 Å². The van der Waals surface area contributed by atoms with Crippen molar-refractivity contribution in [2.75, 3.05) is 13.7 Å². The number of hydrogen-bond acceptors (Lipinski definition) is 3. The fraction of sp³-hybridized carbons (Fsp3) is 0.455. The van der Waals surface area contributed by atoms with E-state index in [9.17, 15) is 5.11 Å². The van der Waals surface area contributed by atoms with Gasteiger partial charge in [0, 0.05) is 5.41 Å². The van der Waals surface area contributed by atoms with Crippen LogP contribution in [-0.2, 0) is 5.41 Å². The fourth-order valence-corrected chi connectivity index (χ4v) is 2.94. The quantitative estimate of drug-likeness (QED) is 0.786. The average Bonchev–Trinajstić information content (AvgIpc) is 2.60. The van der Waals surface area contributed by atoms with Crippen LogP contribution in [-0.4, -0.2) is 24.9 Å². The Morgan fingerprint density at radius 3 is 1.92 bits per heavy atom. The van der Waals surface area contributed by atoms with E-state index in [1.165, 1.54) is 11.1 Å². The molecule has 0 saturated carbocycles. The fourth-order valence-electron chi connectivity index (χ4n) is 2.94. The summed E-state index contributed by atoms with van der Waals surface area (Å²) in [5.74, 6) is 1.74. The highest BCUT2D eigenvalue weighted by molar-refractivity contribution is 5.47. The second kappa shape index (κ2) is 7.92. The van der Waals surface area contributed by atoms with Gasteiger partial charge >= 0.3 is 0 Å². The Kier molecular flexibility index (Phi) is 6.12. The molecule has 0 amide bonds. The van der Waals surface area contributed by atoms with Crippen molar-refractivity contribution in [3.05, 3.63) is 58.7 Å². The second-order valence-corrected chi connectivity index (χ2v) is 7.16. The molecule has 2 aromatic rings. The first-order chi connectivity index (χ1) is 11.8. The normalized spacial score (nSPS) is 12.8. The Morgan fingerprint density at radius 1 is 0.960 bits per heavy atom. The molecule has 1 unspecified atom stereocenters. The molecular formula is C22H30O3. The van der Waals surface area contributed by atoms with Crippen LogP contribution in [0.1, 0.15) is 49.4 Å². The smallest absolute Gasteiger partial charge is 0.122 e. The minimum Gasteiger partial charge on any atom is -0.496 e. The summed E-state index contributed by atoms with van der Waals surface area (Å²) in [6.45, 7) is 10.8. The standard InChI is InChI=1S/C22H30O3/c1-7-19(23)14-25-21-11-9-18(13-16(21)3)22(4,5)17-8-10-20(24-6)15(2)12-17/h8-13,19,23H,7,14H2,1-6H3. The van der Waals surface area contributed by atoms with Crippen LogP contribution < -0.4 is 9.47 Å². The highest BCUT2D eigenvalue weighted by Crippen LogP contribution is 2.35. The van der Waals surface area contributed by atoms with Crippen LogP contribution in [0.2, 0.25) is 0 Å². The van der Waals surface area contributed by atoms with Crippen molar-refractivity contribution in [1.82, 2.24) is 0 Å². The monoisotopic (exact) mass is 342 g/mol. The van der Waals surface area contributed by atoms with Gasteiger partial charge in [-0.1, -0.05) is 45.0 Å². The minimum absolute atomic E-state index is 0.122. The third kappa shape index (κ3) is 4.35. The molecule has 0 fully saturated rings. The number of methoxy groups -OCH3 is 1. The molecule has 1 atom stereocenters. The number of aliphatic hydroxyl groups excluding tert-OH is 1. The lowest BCUT2D eigenvalue weighted by Gasteiger charge is -2.28. The van der Waals surface area contributed by atoms with Crippen LogP contribution in [0.25, 0.3) is 0 Å². The van der Waals surface area contributed by atoms with E-state index in [2.05, 4.69) is 45.0 Å². The summed E-state index contributed by atoms with van der Waals surface area (Å²) in [6, 6.07) is 12.6. The molecule has 25 heavy (non-hydrogen) atoms. The van der Waals surface area contributed by atoms with E-state index < -0.39 is 6.10 Å². The van der Waals surface area contributed by atoms with Crippen LogP contribution in [0.3, 0.4) is 0 Å². The molecule has 0 radical (unpaired) electrons. The lowest BCUT2D eigenvalue weighted by molar-refractivity contribution is 0.104. The topological polar surface area (TPSA) is 38.7 Å². The summed E-state index contributed by atoms with van der Waals surface area (Å²) in [5.41, 5.74) is 4.58. The molecule has 0 bridgehead atoms. The largest absolute Gasteiger partial charge is 0.496 e. The van der Waals surface area contributed by atoms with Gasteiger partial charge in [-0.25, -0.2) is 0 Å². The number of ether oxygens (including phenoxy) is 2. The van der Waals surface area contributed by atoms with Crippen LogP contribution in [0.5, 0.6) is 11.5 Å². The molecule has 0 saturated heterocycles. The number of benzene rings is 2. The summed E-state index contributed by atoms with van der Waals surface area (Å²) < 4.78 is 11.1. The minimum atomic E-state index is -0.419. The lowest BCUT2D eigenvalue weighted by Crippen LogP contribution is -2.20. The van der Waals surface area contributed by atoms with Crippen LogP contribution in [0, 0.1) is 13.8 Å². The van der Waals surface area contributed by atoms with Gasteiger partial charge < -0.3 is 14.6 Å². The summed E-state index contributed by atoms with van der Waals surface area (Å²) in [4.78, 5) is 0. The van der Waals surface area contributed by atoms with Gasteiger partial charge in [-0.15, -0.1) is 0 Å². The molecule has 0 spiro atoms. The number of aryl methyl sites for hydroxylation is 2. The van der Waals surface area contributed by atoms with Crippen molar-refractivity contribution in [2.45, 2.75) is 52.6 Å². The lowest BCUT2D eigenvalue weighted by atomic mass is 9.77. The molecule has 2 rings (SSSR count). The zero-order valence-corrected chi connectivity index (χ0v) is 16.2. The molecule has 1 N–H and O–H groups in total. The zero-order chi connectivity index (χ0) is 18.6. The van der Waals surface area contributed by atoms with E-state index in [4.69, 9.17) is 9.47 Å². The molecular weight excluding hydrogens is 312 g/mol. The second-order valence-electron chi connectivity index (χ2n) is 7.16. The van der Waals surface area contributed by atoms with E-state index in [1.807, 2.05) is 26.0 Å². The zero-order valence-electron chi connectivity index (χ0n) is 16.2. The predicted molar refractivity (Wildman–Crippen MR) is 103 cm³/mol. The molecule has 2 aromatic carbocycles. The summed E-state index contributed by atoms with van der Waals surface area (Å²) in [7, 11) is 1.70. The van der Waals surface area contributed by atoms with Gasteiger partial charge in [0.15, 0.2) is 0 Å². The average molecular weight is 342 g/mol. The van der Waals surface area contributed by atoms with Gasteiger partial charge in [0.2, 0.25) is 0 Å². The summed E-state index contributed by atoms with van der Waals surface area (Å²) >= 11 is 0. The van der Waals surface area contributed by atoms with Crippen LogP contribution in [0.15, 0.2) is 36.4 Å².